The van der Waals surface area contributed by atoms with Crippen LogP contribution < -0.4 is 4.72 Å². The van der Waals surface area contributed by atoms with Gasteiger partial charge in [-0.3, -0.25) is 0 Å². The molecule has 0 aliphatic rings. The molecule has 17 heavy (non-hydrogen) atoms. The molecule has 0 aromatic carbocycles. The van der Waals surface area contributed by atoms with Gasteiger partial charge in [-0.15, -0.1) is 0 Å². The van der Waals surface area contributed by atoms with Gasteiger partial charge >= 0.3 is 0 Å². The molecule has 7 heteroatoms. The molecular formula is C10H15N3O3S. The van der Waals surface area contributed by atoms with Gasteiger partial charge in [-0.2, -0.15) is 5.26 Å². The van der Waals surface area contributed by atoms with E-state index in [1.807, 2.05) is 0 Å². The predicted octanol–water partition coefficient (Wildman–Crippen LogP) is 1.01. The average molecular weight is 257 g/mol. The highest BCUT2D eigenvalue weighted by molar-refractivity contribution is 7.90. The smallest absolute Gasteiger partial charge is 0.228 e. The molecule has 1 atom stereocenters. The Morgan fingerprint density at radius 3 is 2.59 bits per heavy atom. The fourth-order valence-electron chi connectivity index (χ4n) is 1.41. The van der Waals surface area contributed by atoms with E-state index in [9.17, 15) is 8.42 Å². The SMILES string of the molecule is CCC(C#N)S(=O)(=O)NCc1c(C)noc1C. The Kier molecular flexibility index (Phi) is 4.26. The van der Waals surface area contributed by atoms with Crippen molar-refractivity contribution < 1.29 is 12.9 Å². The van der Waals surface area contributed by atoms with Gasteiger partial charge in [-0.25, -0.2) is 13.1 Å². The first-order chi connectivity index (χ1) is 7.92. The molecule has 0 aliphatic carbocycles. The largest absolute Gasteiger partial charge is 0.361 e. The number of nitriles is 1. The van der Waals surface area contributed by atoms with Gasteiger partial charge in [0.05, 0.1) is 11.8 Å². The fraction of sp³-hybridized carbons (Fsp3) is 0.600. The van der Waals surface area contributed by atoms with Crippen molar-refractivity contribution in [2.24, 2.45) is 0 Å². The van der Waals surface area contributed by atoms with E-state index in [1.165, 1.54) is 0 Å². The zero-order valence-corrected chi connectivity index (χ0v) is 10.8. The highest BCUT2D eigenvalue weighted by atomic mass is 32.2. The van der Waals surface area contributed by atoms with Gasteiger partial charge in [0.25, 0.3) is 0 Å². The van der Waals surface area contributed by atoms with Crippen LogP contribution in [-0.4, -0.2) is 18.8 Å². The number of aryl methyl sites for hydroxylation is 2. The van der Waals surface area contributed by atoms with E-state index >= 15 is 0 Å². The standard InChI is InChI=1S/C10H15N3O3S/c1-4-9(5-11)17(14,15)12-6-10-7(2)13-16-8(10)3/h9,12H,4,6H2,1-3H3. The van der Waals surface area contributed by atoms with Crippen LogP contribution in [0.5, 0.6) is 0 Å². The molecule has 1 N–H and O–H groups in total. The van der Waals surface area contributed by atoms with Crippen LogP contribution in [0.3, 0.4) is 0 Å². The molecule has 1 rings (SSSR count). The Morgan fingerprint density at radius 1 is 1.53 bits per heavy atom. The maximum atomic E-state index is 11.7. The monoisotopic (exact) mass is 257 g/mol. The third kappa shape index (κ3) is 3.05. The number of rotatable bonds is 5. The number of nitrogens with one attached hydrogen (secondary N) is 1. The summed E-state index contributed by atoms with van der Waals surface area (Å²) in [6.45, 7) is 5.21. The topological polar surface area (TPSA) is 96.0 Å². The van der Waals surface area contributed by atoms with Crippen LogP contribution in [0.25, 0.3) is 0 Å². The van der Waals surface area contributed by atoms with Gasteiger partial charge < -0.3 is 4.52 Å². The van der Waals surface area contributed by atoms with E-state index in [-0.39, 0.29) is 13.0 Å². The third-order valence-electron chi connectivity index (χ3n) is 2.52. The normalized spacial score (nSPS) is 13.3. The maximum Gasteiger partial charge on any atom is 0.228 e. The first-order valence-corrected chi connectivity index (χ1v) is 6.76. The van der Waals surface area contributed by atoms with Gasteiger partial charge in [-0.05, 0) is 20.3 Å². The van der Waals surface area contributed by atoms with Crippen LogP contribution in [0.1, 0.15) is 30.4 Å². The summed E-state index contributed by atoms with van der Waals surface area (Å²) in [5.74, 6) is 0.579. The van der Waals surface area contributed by atoms with E-state index in [4.69, 9.17) is 9.78 Å². The first kappa shape index (κ1) is 13.7. The lowest BCUT2D eigenvalue weighted by Gasteiger charge is -2.09. The molecule has 1 aromatic rings. The Hall–Kier alpha value is -1.39. The molecule has 1 heterocycles. The van der Waals surface area contributed by atoms with Crippen LogP contribution in [0.2, 0.25) is 0 Å². The van der Waals surface area contributed by atoms with Crippen molar-refractivity contribution in [3.05, 3.63) is 17.0 Å². The second-order valence-electron chi connectivity index (χ2n) is 3.69. The summed E-state index contributed by atoms with van der Waals surface area (Å²) in [5.41, 5.74) is 1.36. The summed E-state index contributed by atoms with van der Waals surface area (Å²) in [5, 5.41) is 11.4. The van der Waals surface area contributed by atoms with Gasteiger partial charge in [0.1, 0.15) is 5.76 Å². The molecule has 0 amide bonds. The summed E-state index contributed by atoms with van der Waals surface area (Å²) < 4.78 is 30.8. The highest BCUT2D eigenvalue weighted by Gasteiger charge is 2.23. The Morgan fingerprint density at radius 2 is 2.18 bits per heavy atom. The molecule has 0 radical (unpaired) electrons. The van der Waals surface area contributed by atoms with E-state index in [0.29, 0.717) is 17.0 Å². The molecule has 6 nitrogen and oxygen atoms in total. The minimum Gasteiger partial charge on any atom is -0.361 e. The number of hydrogen-bond donors (Lipinski definition) is 1. The van der Waals surface area contributed by atoms with E-state index in [2.05, 4.69) is 9.88 Å². The molecule has 94 valence electrons. The van der Waals surface area contributed by atoms with Gasteiger partial charge in [0.15, 0.2) is 5.25 Å². The molecule has 1 unspecified atom stereocenters. The highest BCUT2D eigenvalue weighted by Crippen LogP contribution is 2.13. The fourth-order valence-corrected chi connectivity index (χ4v) is 2.53. The van der Waals surface area contributed by atoms with Crippen molar-refractivity contribution in [3.8, 4) is 6.07 Å². The van der Waals surface area contributed by atoms with Crippen molar-refractivity contribution in [3.63, 3.8) is 0 Å². The molecule has 1 aromatic heterocycles. The minimum atomic E-state index is -3.61. The molecule has 0 saturated carbocycles. The summed E-state index contributed by atoms with van der Waals surface area (Å²) in [6.07, 6.45) is 0.257. The number of hydrogen-bond acceptors (Lipinski definition) is 5. The lowest BCUT2D eigenvalue weighted by molar-refractivity contribution is 0.392. The summed E-state index contributed by atoms with van der Waals surface area (Å²) in [4.78, 5) is 0. The van der Waals surface area contributed by atoms with Crippen LogP contribution in [0.15, 0.2) is 4.52 Å². The van der Waals surface area contributed by atoms with Crippen molar-refractivity contribution >= 4 is 10.0 Å². The minimum absolute atomic E-state index is 0.0989. The van der Waals surface area contributed by atoms with Crippen LogP contribution in [0, 0.1) is 25.2 Å². The second kappa shape index (κ2) is 5.29. The van der Waals surface area contributed by atoms with E-state index in [0.717, 1.165) is 0 Å². The molecule has 0 bridgehead atoms. The van der Waals surface area contributed by atoms with Crippen LogP contribution >= 0.6 is 0 Å². The lowest BCUT2D eigenvalue weighted by atomic mass is 10.2. The lowest BCUT2D eigenvalue weighted by Crippen LogP contribution is -2.32. The molecule has 0 aliphatic heterocycles. The second-order valence-corrected chi connectivity index (χ2v) is 5.64. The zero-order valence-electron chi connectivity index (χ0n) is 10.0. The number of aromatic nitrogens is 1. The van der Waals surface area contributed by atoms with Crippen LogP contribution in [-0.2, 0) is 16.6 Å². The molecule has 0 fully saturated rings. The molecular weight excluding hydrogens is 242 g/mol. The van der Waals surface area contributed by atoms with Crippen molar-refractivity contribution in [2.45, 2.75) is 39.0 Å². The maximum absolute atomic E-state index is 11.7. The van der Waals surface area contributed by atoms with Crippen molar-refractivity contribution in [2.75, 3.05) is 0 Å². The Balaban J connectivity index is 2.79. The first-order valence-electron chi connectivity index (χ1n) is 5.22. The molecule has 0 spiro atoms. The average Bonchev–Trinajstić information content (AvgIpc) is 2.57. The summed E-state index contributed by atoms with van der Waals surface area (Å²) in [7, 11) is -3.61. The van der Waals surface area contributed by atoms with Gasteiger partial charge in [0.2, 0.25) is 10.0 Å². The molecule has 0 saturated heterocycles. The Labute approximate surface area is 101 Å². The van der Waals surface area contributed by atoms with Crippen LogP contribution in [0.4, 0.5) is 0 Å². The predicted molar refractivity (Wildman–Crippen MR) is 61.4 cm³/mol. The summed E-state index contributed by atoms with van der Waals surface area (Å²) >= 11 is 0. The quantitative estimate of drug-likeness (QED) is 0.849. The number of nitrogens with zero attached hydrogens (tertiary/aromatic N) is 2. The van der Waals surface area contributed by atoms with Gasteiger partial charge in [-0.1, -0.05) is 12.1 Å². The number of sulfonamides is 1. The Bertz CT molecular complexity index is 508. The van der Waals surface area contributed by atoms with Crippen molar-refractivity contribution in [1.29, 1.82) is 5.26 Å². The summed E-state index contributed by atoms with van der Waals surface area (Å²) in [6, 6.07) is 1.76. The van der Waals surface area contributed by atoms with E-state index < -0.39 is 15.3 Å². The zero-order chi connectivity index (χ0) is 13.1. The van der Waals surface area contributed by atoms with E-state index in [1.54, 1.807) is 26.8 Å². The van der Waals surface area contributed by atoms with Gasteiger partial charge in [0, 0.05) is 12.1 Å². The van der Waals surface area contributed by atoms with Crippen molar-refractivity contribution in [1.82, 2.24) is 9.88 Å². The third-order valence-corrected chi connectivity index (χ3v) is 4.26.